The smallest absolute Gasteiger partial charge is 0.165 e. The fourth-order valence-electron chi connectivity index (χ4n) is 1.19. The molecular weight excluding hydrogens is 178 g/mol. The zero-order valence-electron chi connectivity index (χ0n) is 8.78. The van der Waals surface area contributed by atoms with Crippen molar-refractivity contribution in [1.82, 2.24) is 4.98 Å². The number of rotatable bonds is 4. The van der Waals surface area contributed by atoms with Crippen LogP contribution in [0.3, 0.4) is 0 Å². The molecule has 0 bridgehead atoms. The number of Topliss-reactive ketones (excluding diaryl/α,β-unsaturated/α-hetero) is 1. The molecule has 3 nitrogen and oxygen atoms in total. The molecule has 0 N–H and O–H groups in total. The molecule has 0 unspecified atom stereocenters. The Bertz CT molecular complexity index is 321. The van der Waals surface area contributed by atoms with Crippen LogP contribution in [-0.2, 0) is 11.3 Å². The quantitative estimate of drug-likeness (QED) is 0.687. The van der Waals surface area contributed by atoms with Gasteiger partial charge < -0.3 is 4.74 Å². The van der Waals surface area contributed by atoms with Gasteiger partial charge in [0.25, 0.3) is 0 Å². The number of ketones is 1. The number of aromatic nitrogens is 1. The second-order valence-electron chi connectivity index (χ2n) is 3.49. The van der Waals surface area contributed by atoms with E-state index in [0.717, 1.165) is 5.69 Å². The van der Waals surface area contributed by atoms with Crippen molar-refractivity contribution in [1.29, 1.82) is 0 Å². The van der Waals surface area contributed by atoms with Crippen LogP contribution in [0, 0.1) is 5.92 Å². The molecule has 1 rings (SSSR count). The van der Waals surface area contributed by atoms with E-state index in [4.69, 9.17) is 4.74 Å². The molecule has 0 spiro atoms. The Balaban J connectivity index is 2.88. The zero-order valence-corrected chi connectivity index (χ0v) is 8.78. The fraction of sp³-hybridized carbons (Fsp3) is 0.455. The van der Waals surface area contributed by atoms with Gasteiger partial charge in [-0.05, 0) is 12.1 Å². The van der Waals surface area contributed by atoms with Crippen LogP contribution in [0.1, 0.15) is 29.9 Å². The first-order chi connectivity index (χ1) is 6.65. The van der Waals surface area contributed by atoms with E-state index >= 15 is 0 Å². The zero-order chi connectivity index (χ0) is 10.6. The maximum Gasteiger partial charge on any atom is 0.165 e. The number of carbonyl (C=O) groups excluding carboxylic acids is 1. The number of hydrogen-bond donors (Lipinski definition) is 0. The Morgan fingerprint density at radius 1 is 1.57 bits per heavy atom. The molecule has 1 heterocycles. The van der Waals surface area contributed by atoms with Crippen molar-refractivity contribution in [3.63, 3.8) is 0 Å². The Morgan fingerprint density at radius 3 is 2.86 bits per heavy atom. The highest BCUT2D eigenvalue weighted by atomic mass is 16.5. The Kier molecular flexibility index (Phi) is 3.77. The summed E-state index contributed by atoms with van der Waals surface area (Å²) in [5.74, 6) is 0.164. The van der Waals surface area contributed by atoms with E-state index in [0.29, 0.717) is 12.2 Å². The average molecular weight is 193 g/mol. The number of nitrogens with zero attached hydrogens (tertiary/aromatic N) is 1. The van der Waals surface area contributed by atoms with Crippen LogP contribution in [-0.4, -0.2) is 17.9 Å². The van der Waals surface area contributed by atoms with Gasteiger partial charge in [0.2, 0.25) is 0 Å². The average Bonchev–Trinajstić information content (AvgIpc) is 2.17. The third-order valence-corrected chi connectivity index (χ3v) is 1.92. The molecule has 0 aromatic carbocycles. The van der Waals surface area contributed by atoms with Crippen molar-refractivity contribution in [2.75, 3.05) is 7.11 Å². The third kappa shape index (κ3) is 2.64. The van der Waals surface area contributed by atoms with Crippen molar-refractivity contribution < 1.29 is 9.53 Å². The van der Waals surface area contributed by atoms with Gasteiger partial charge >= 0.3 is 0 Å². The minimum absolute atomic E-state index is 0.0211. The molecule has 1 aromatic rings. The summed E-state index contributed by atoms with van der Waals surface area (Å²) in [6.45, 7) is 4.22. The van der Waals surface area contributed by atoms with E-state index in [9.17, 15) is 4.79 Å². The van der Waals surface area contributed by atoms with Gasteiger partial charge in [-0.2, -0.15) is 0 Å². The van der Waals surface area contributed by atoms with Gasteiger partial charge in [-0.15, -0.1) is 0 Å². The molecule has 0 aliphatic carbocycles. The Morgan fingerprint density at radius 2 is 2.29 bits per heavy atom. The topological polar surface area (TPSA) is 39.2 Å². The predicted octanol–water partition coefficient (Wildman–Crippen LogP) is 2.07. The fourth-order valence-corrected chi connectivity index (χ4v) is 1.19. The van der Waals surface area contributed by atoms with Crippen LogP contribution in [0.25, 0.3) is 0 Å². The molecule has 0 amide bonds. The van der Waals surface area contributed by atoms with Gasteiger partial charge in [0.05, 0.1) is 12.3 Å². The van der Waals surface area contributed by atoms with Crippen molar-refractivity contribution in [2.45, 2.75) is 20.5 Å². The second kappa shape index (κ2) is 4.86. The van der Waals surface area contributed by atoms with Gasteiger partial charge in [-0.1, -0.05) is 13.8 Å². The summed E-state index contributed by atoms with van der Waals surface area (Å²) in [4.78, 5) is 15.7. The van der Waals surface area contributed by atoms with Gasteiger partial charge in [-0.3, -0.25) is 9.78 Å². The number of carbonyl (C=O) groups is 1. The number of methoxy groups -OCH3 is 1. The minimum atomic E-state index is 0.0211. The monoisotopic (exact) mass is 193 g/mol. The molecule has 0 atom stereocenters. The van der Waals surface area contributed by atoms with E-state index in [-0.39, 0.29) is 11.7 Å². The first kappa shape index (κ1) is 10.9. The van der Waals surface area contributed by atoms with Crippen LogP contribution in [0.2, 0.25) is 0 Å². The lowest BCUT2D eigenvalue weighted by Gasteiger charge is -2.05. The molecule has 3 heteroatoms. The number of ether oxygens (including phenoxy) is 1. The van der Waals surface area contributed by atoms with Crippen molar-refractivity contribution in [2.24, 2.45) is 5.92 Å². The minimum Gasteiger partial charge on any atom is -0.378 e. The number of pyridine rings is 1. The van der Waals surface area contributed by atoms with Crippen LogP contribution < -0.4 is 0 Å². The maximum atomic E-state index is 11.6. The summed E-state index contributed by atoms with van der Waals surface area (Å²) in [6, 6.07) is 3.52. The Labute approximate surface area is 84.1 Å². The highest BCUT2D eigenvalue weighted by Gasteiger charge is 2.10. The van der Waals surface area contributed by atoms with E-state index in [2.05, 4.69) is 4.98 Å². The van der Waals surface area contributed by atoms with Gasteiger partial charge in [0.1, 0.15) is 0 Å². The largest absolute Gasteiger partial charge is 0.378 e. The molecule has 0 fully saturated rings. The summed E-state index contributed by atoms with van der Waals surface area (Å²) in [7, 11) is 1.61. The van der Waals surface area contributed by atoms with Crippen LogP contribution in [0.4, 0.5) is 0 Å². The van der Waals surface area contributed by atoms with Gasteiger partial charge in [0.15, 0.2) is 5.78 Å². The van der Waals surface area contributed by atoms with Crippen molar-refractivity contribution in [3.8, 4) is 0 Å². The lowest BCUT2D eigenvalue weighted by molar-refractivity contribution is 0.0939. The Hall–Kier alpha value is -1.22. The molecule has 14 heavy (non-hydrogen) atoms. The van der Waals surface area contributed by atoms with E-state index < -0.39 is 0 Å². The second-order valence-corrected chi connectivity index (χ2v) is 3.49. The summed E-state index contributed by atoms with van der Waals surface area (Å²) in [6.07, 6.45) is 1.64. The normalized spacial score (nSPS) is 10.6. The molecule has 0 aliphatic heterocycles. The highest BCUT2D eigenvalue weighted by Crippen LogP contribution is 2.09. The summed E-state index contributed by atoms with van der Waals surface area (Å²) in [5.41, 5.74) is 1.50. The molecule has 0 aliphatic rings. The number of hydrogen-bond acceptors (Lipinski definition) is 3. The standard InChI is InChI=1S/C11H15NO2/c1-8(2)11(13)9-4-5-12-10(6-9)7-14-3/h4-6,8H,7H2,1-3H3. The summed E-state index contributed by atoms with van der Waals surface area (Å²) < 4.78 is 4.95. The molecule has 0 radical (unpaired) electrons. The van der Waals surface area contributed by atoms with Crippen LogP contribution in [0.15, 0.2) is 18.3 Å². The van der Waals surface area contributed by atoms with Crippen LogP contribution in [0.5, 0.6) is 0 Å². The molecule has 76 valence electrons. The highest BCUT2D eigenvalue weighted by molar-refractivity contribution is 5.97. The summed E-state index contributed by atoms with van der Waals surface area (Å²) >= 11 is 0. The maximum absolute atomic E-state index is 11.6. The van der Waals surface area contributed by atoms with E-state index in [1.54, 1.807) is 25.4 Å². The molecule has 0 saturated carbocycles. The predicted molar refractivity (Wildman–Crippen MR) is 54.1 cm³/mol. The van der Waals surface area contributed by atoms with Gasteiger partial charge in [0, 0.05) is 24.8 Å². The van der Waals surface area contributed by atoms with E-state index in [1.807, 2.05) is 13.8 Å². The third-order valence-electron chi connectivity index (χ3n) is 1.92. The van der Waals surface area contributed by atoms with Crippen molar-refractivity contribution >= 4 is 5.78 Å². The summed E-state index contributed by atoms with van der Waals surface area (Å²) in [5, 5.41) is 0. The molecular formula is C11H15NO2. The first-order valence-corrected chi connectivity index (χ1v) is 4.63. The molecule has 1 aromatic heterocycles. The van der Waals surface area contributed by atoms with Crippen LogP contribution >= 0.6 is 0 Å². The first-order valence-electron chi connectivity index (χ1n) is 4.63. The lowest BCUT2D eigenvalue weighted by atomic mass is 10.0. The van der Waals surface area contributed by atoms with E-state index in [1.165, 1.54) is 0 Å². The SMILES string of the molecule is COCc1cc(C(=O)C(C)C)ccn1. The van der Waals surface area contributed by atoms with Gasteiger partial charge in [-0.25, -0.2) is 0 Å². The van der Waals surface area contributed by atoms with Crippen molar-refractivity contribution in [3.05, 3.63) is 29.6 Å². The lowest BCUT2D eigenvalue weighted by Crippen LogP contribution is -2.08. The molecule has 0 saturated heterocycles.